The average Bonchev–Trinajstić information content (AvgIpc) is 2.45. The summed E-state index contributed by atoms with van der Waals surface area (Å²) in [5, 5.41) is 14.5. The van der Waals surface area contributed by atoms with E-state index in [2.05, 4.69) is 26.6 Å². The van der Waals surface area contributed by atoms with Crippen molar-refractivity contribution in [2.75, 3.05) is 10.6 Å². The van der Waals surface area contributed by atoms with Gasteiger partial charge in [-0.15, -0.1) is 0 Å². The van der Waals surface area contributed by atoms with E-state index in [1.54, 1.807) is 36.4 Å². The summed E-state index contributed by atoms with van der Waals surface area (Å²) >= 11 is 3.28. The van der Waals surface area contributed by atoms with Crippen LogP contribution in [0.3, 0.4) is 0 Å². The number of hydrogen-bond acceptors (Lipinski definition) is 3. The van der Waals surface area contributed by atoms with Crippen LogP contribution in [0.15, 0.2) is 46.9 Å². The van der Waals surface area contributed by atoms with Crippen molar-refractivity contribution in [1.82, 2.24) is 0 Å². The minimum Gasteiger partial charge on any atom is -0.506 e. The first kappa shape index (κ1) is 15.1. The van der Waals surface area contributed by atoms with Crippen molar-refractivity contribution in [3.63, 3.8) is 0 Å². The molecule has 0 heterocycles. The fourth-order valence-corrected chi connectivity index (χ4v) is 1.91. The molecule has 0 bridgehead atoms. The van der Waals surface area contributed by atoms with E-state index >= 15 is 0 Å². The molecule has 0 unspecified atom stereocenters. The van der Waals surface area contributed by atoms with Crippen LogP contribution in [-0.2, 0) is 9.59 Å². The molecule has 3 N–H and O–H groups in total. The molecule has 2 rings (SSSR count). The number of phenols is 1. The number of aromatic hydroxyl groups is 1. The molecule has 5 nitrogen and oxygen atoms in total. The zero-order valence-corrected chi connectivity index (χ0v) is 12.8. The summed E-state index contributed by atoms with van der Waals surface area (Å²) in [5.74, 6) is -1.75. The van der Waals surface area contributed by atoms with Gasteiger partial charge in [0.15, 0.2) is 0 Å². The molecule has 0 spiro atoms. The molecular formula is C15H13BrN2O3. The molecule has 0 aliphatic carbocycles. The second-order valence-corrected chi connectivity index (χ2v) is 5.35. The summed E-state index contributed by atoms with van der Waals surface area (Å²) in [6, 6.07) is 11.6. The van der Waals surface area contributed by atoms with Gasteiger partial charge in [-0.25, -0.2) is 0 Å². The zero-order valence-electron chi connectivity index (χ0n) is 11.2. The SMILES string of the molecule is Cc1ccc(O)c(NC(=O)C(=O)Nc2ccc(Br)cc2)c1. The maximum absolute atomic E-state index is 11.8. The third-order valence-electron chi connectivity index (χ3n) is 2.71. The summed E-state index contributed by atoms with van der Waals surface area (Å²) < 4.78 is 0.870. The molecule has 0 atom stereocenters. The molecule has 0 aliphatic heterocycles. The lowest BCUT2D eigenvalue weighted by Crippen LogP contribution is -2.29. The molecule has 0 saturated heterocycles. The average molecular weight is 349 g/mol. The van der Waals surface area contributed by atoms with Crippen molar-refractivity contribution in [1.29, 1.82) is 0 Å². The van der Waals surface area contributed by atoms with Gasteiger partial charge in [0.1, 0.15) is 5.75 Å². The zero-order chi connectivity index (χ0) is 15.4. The van der Waals surface area contributed by atoms with Gasteiger partial charge in [-0.05, 0) is 48.9 Å². The number of carbonyl (C=O) groups is 2. The first-order valence-electron chi connectivity index (χ1n) is 6.13. The molecule has 0 aromatic heterocycles. The van der Waals surface area contributed by atoms with E-state index in [4.69, 9.17) is 0 Å². The quantitative estimate of drug-likeness (QED) is 0.576. The summed E-state index contributed by atoms with van der Waals surface area (Å²) in [6.07, 6.45) is 0. The maximum Gasteiger partial charge on any atom is 0.314 e. The Morgan fingerprint density at radius 2 is 1.62 bits per heavy atom. The third-order valence-corrected chi connectivity index (χ3v) is 3.24. The molecule has 0 fully saturated rings. The Balaban J connectivity index is 2.04. The van der Waals surface area contributed by atoms with Gasteiger partial charge in [-0.3, -0.25) is 9.59 Å². The molecule has 108 valence electrons. The van der Waals surface area contributed by atoms with E-state index < -0.39 is 11.8 Å². The van der Waals surface area contributed by atoms with Crippen molar-refractivity contribution >= 4 is 39.1 Å². The maximum atomic E-state index is 11.8. The highest BCUT2D eigenvalue weighted by atomic mass is 79.9. The van der Waals surface area contributed by atoms with E-state index in [0.29, 0.717) is 5.69 Å². The minimum absolute atomic E-state index is 0.0922. The number of aryl methyl sites for hydroxylation is 1. The molecule has 0 aliphatic rings. The highest BCUT2D eigenvalue weighted by Crippen LogP contribution is 2.23. The Morgan fingerprint density at radius 1 is 1.00 bits per heavy atom. The summed E-state index contributed by atoms with van der Waals surface area (Å²) in [5.41, 5.74) is 1.56. The van der Waals surface area contributed by atoms with Gasteiger partial charge in [0.2, 0.25) is 0 Å². The van der Waals surface area contributed by atoms with Crippen molar-refractivity contribution < 1.29 is 14.7 Å². The highest BCUT2D eigenvalue weighted by molar-refractivity contribution is 9.10. The normalized spacial score (nSPS) is 10.0. The van der Waals surface area contributed by atoms with Gasteiger partial charge in [-0.2, -0.15) is 0 Å². The first-order chi connectivity index (χ1) is 9.95. The molecule has 2 amide bonds. The Kier molecular flexibility index (Phi) is 4.59. The van der Waals surface area contributed by atoms with E-state index in [0.717, 1.165) is 10.0 Å². The van der Waals surface area contributed by atoms with Crippen LogP contribution in [0.1, 0.15) is 5.56 Å². The van der Waals surface area contributed by atoms with Gasteiger partial charge in [0.25, 0.3) is 0 Å². The van der Waals surface area contributed by atoms with E-state index in [9.17, 15) is 14.7 Å². The number of phenolic OH excluding ortho intramolecular Hbond substituents is 1. The largest absolute Gasteiger partial charge is 0.506 e. The molecule has 2 aromatic rings. The lowest BCUT2D eigenvalue weighted by atomic mass is 10.2. The lowest BCUT2D eigenvalue weighted by molar-refractivity contribution is -0.133. The van der Waals surface area contributed by atoms with Crippen LogP contribution in [-0.4, -0.2) is 16.9 Å². The topological polar surface area (TPSA) is 78.4 Å². The second kappa shape index (κ2) is 6.41. The number of benzene rings is 2. The Labute approximate surface area is 130 Å². The van der Waals surface area contributed by atoms with Gasteiger partial charge in [-0.1, -0.05) is 22.0 Å². The fraction of sp³-hybridized carbons (Fsp3) is 0.0667. The summed E-state index contributed by atoms with van der Waals surface area (Å²) in [6.45, 7) is 1.82. The predicted molar refractivity (Wildman–Crippen MR) is 84.2 cm³/mol. The molecule has 0 radical (unpaired) electrons. The lowest BCUT2D eigenvalue weighted by Gasteiger charge is -2.08. The monoisotopic (exact) mass is 348 g/mol. The molecular weight excluding hydrogens is 336 g/mol. The number of anilines is 2. The number of amides is 2. The van der Waals surface area contributed by atoms with Gasteiger partial charge < -0.3 is 15.7 Å². The third kappa shape index (κ3) is 4.06. The molecule has 6 heteroatoms. The summed E-state index contributed by atoms with van der Waals surface area (Å²) in [4.78, 5) is 23.6. The highest BCUT2D eigenvalue weighted by Gasteiger charge is 2.15. The number of hydrogen-bond donors (Lipinski definition) is 3. The summed E-state index contributed by atoms with van der Waals surface area (Å²) in [7, 11) is 0. The van der Waals surface area contributed by atoms with E-state index in [1.807, 2.05) is 6.92 Å². The number of carbonyl (C=O) groups excluding carboxylic acids is 2. The van der Waals surface area contributed by atoms with Crippen LogP contribution >= 0.6 is 15.9 Å². The van der Waals surface area contributed by atoms with E-state index in [-0.39, 0.29) is 11.4 Å². The van der Waals surface area contributed by atoms with Crippen LogP contribution in [0.25, 0.3) is 0 Å². The van der Waals surface area contributed by atoms with Gasteiger partial charge >= 0.3 is 11.8 Å². The van der Waals surface area contributed by atoms with Crippen LogP contribution < -0.4 is 10.6 Å². The number of halogens is 1. The van der Waals surface area contributed by atoms with Crippen LogP contribution in [0.4, 0.5) is 11.4 Å². The van der Waals surface area contributed by atoms with Crippen molar-refractivity contribution in [3.8, 4) is 5.75 Å². The van der Waals surface area contributed by atoms with Crippen molar-refractivity contribution in [2.24, 2.45) is 0 Å². The first-order valence-corrected chi connectivity index (χ1v) is 6.92. The smallest absolute Gasteiger partial charge is 0.314 e. The molecule has 0 saturated carbocycles. The van der Waals surface area contributed by atoms with E-state index in [1.165, 1.54) is 6.07 Å². The Bertz CT molecular complexity index is 684. The Morgan fingerprint density at radius 3 is 2.29 bits per heavy atom. The molecule has 21 heavy (non-hydrogen) atoms. The minimum atomic E-state index is -0.848. The number of rotatable bonds is 2. The van der Waals surface area contributed by atoms with Crippen molar-refractivity contribution in [3.05, 3.63) is 52.5 Å². The van der Waals surface area contributed by atoms with Gasteiger partial charge in [0.05, 0.1) is 5.69 Å². The van der Waals surface area contributed by atoms with Crippen LogP contribution in [0.2, 0.25) is 0 Å². The van der Waals surface area contributed by atoms with Gasteiger partial charge in [0, 0.05) is 10.2 Å². The van der Waals surface area contributed by atoms with Crippen molar-refractivity contribution in [2.45, 2.75) is 6.92 Å². The van der Waals surface area contributed by atoms with Crippen LogP contribution in [0.5, 0.6) is 5.75 Å². The van der Waals surface area contributed by atoms with Crippen LogP contribution in [0, 0.1) is 6.92 Å². The number of nitrogens with one attached hydrogen (secondary N) is 2. The fourth-order valence-electron chi connectivity index (χ4n) is 1.65. The molecule has 2 aromatic carbocycles. The predicted octanol–water partition coefficient (Wildman–Crippen LogP) is 3.04. The Hall–Kier alpha value is -2.34. The standard InChI is InChI=1S/C15H13BrN2O3/c1-9-2-7-13(19)12(8-9)18-15(21)14(20)17-11-5-3-10(16)4-6-11/h2-8,19H,1H3,(H,17,20)(H,18,21). The second-order valence-electron chi connectivity index (χ2n) is 4.44.